The molecule has 1 fully saturated rings. The molecule has 3 rings (SSSR count). The summed E-state index contributed by atoms with van der Waals surface area (Å²) in [6.07, 6.45) is 1.56. The normalized spacial score (nSPS) is 17.8. The van der Waals surface area contributed by atoms with Crippen LogP contribution in [0.5, 0.6) is 0 Å². The molecule has 0 bridgehead atoms. The standard InChI is InChI=1S/C19H23NO/c1-15-8-9-17(14-16(15)2)19(21)10-12-20(13-11-19)18-6-4-3-5-7-18/h3-9,14,21H,10-13H2,1-2H3. The van der Waals surface area contributed by atoms with E-state index in [-0.39, 0.29) is 0 Å². The molecule has 110 valence electrons. The Morgan fingerprint density at radius 3 is 2.19 bits per heavy atom. The first-order valence-corrected chi connectivity index (χ1v) is 7.69. The average molecular weight is 281 g/mol. The number of aryl methyl sites for hydroxylation is 2. The fraction of sp³-hybridized carbons (Fsp3) is 0.368. The van der Waals surface area contributed by atoms with Crippen LogP contribution in [0.4, 0.5) is 5.69 Å². The van der Waals surface area contributed by atoms with E-state index >= 15 is 0 Å². The highest BCUT2D eigenvalue weighted by Gasteiger charge is 2.34. The molecule has 0 unspecified atom stereocenters. The van der Waals surface area contributed by atoms with Crippen LogP contribution in [0.2, 0.25) is 0 Å². The van der Waals surface area contributed by atoms with Crippen LogP contribution < -0.4 is 4.90 Å². The highest BCUT2D eigenvalue weighted by atomic mass is 16.3. The fourth-order valence-electron chi connectivity index (χ4n) is 3.09. The summed E-state index contributed by atoms with van der Waals surface area (Å²) in [4.78, 5) is 2.36. The molecule has 0 amide bonds. The highest BCUT2D eigenvalue weighted by Crippen LogP contribution is 2.35. The summed E-state index contributed by atoms with van der Waals surface area (Å²) in [5, 5.41) is 11.0. The Hall–Kier alpha value is -1.80. The second-order valence-corrected chi connectivity index (χ2v) is 6.15. The topological polar surface area (TPSA) is 23.5 Å². The average Bonchev–Trinajstić information content (AvgIpc) is 2.51. The number of hydrogen-bond donors (Lipinski definition) is 1. The number of para-hydroxylation sites is 1. The summed E-state index contributed by atoms with van der Waals surface area (Å²) >= 11 is 0. The van der Waals surface area contributed by atoms with Gasteiger partial charge < -0.3 is 10.0 Å². The Balaban J connectivity index is 1.76. The maximum absolute atomic E-state index is 11.0. The lowest BCUT2D eigenvalue weighted by Crippen LogP contribution is -2.42. The highest BCUT2D eigenvalue weighted by molar-refractivity contribution is 5.47. The minimum absolute atomic E-state index is 0.677. The Morgan fingerprint density at radius 1 is 0.905 bits per heavy atom. The molecule has 2 aromatic carbocycles. The van der Waals surface area contributed by atoms with E-state index in [1.54, 1.807) is 0 Å². The van der Waals surface area contributed by atoms with Crippen molar-refractivity contribution in [3.8, 4) is 0 Å². The molecule has 0 saturated carbocycles. The Kier molecular flexibility index (Phi) is 3.73. The first-order chi connectivity index (χ1) is 10.1. The molecule has 2 aromatic rings. The van der Waals surface area contributed by atoms with Gasteiger partial charge in [0.2, 0.25) is 0 Å². The van der Waals surface area contributed by atoms with E-state index < -0.39 is 5.60 Å². The number of piperidine rings is 1. The predicted octanol–water partition coefficient (Wildman–Crippen LogP) is 3.79. The molecule has 2 nitrogen and oxygen atoms in total. The monoisotopic (exact) mass is 281 g/mol. The van der Waals surface area contributed by atoms with E-state index in [1.807, 2.05) is 6.07 Å². The van der Waals surface area contributed by atoms with Gasteiger partial charge in [-0.25, -0.2) is 0 Å². The molecule has 0 spiro atoms. The lowest BCUT2D eigenvalue weighted by atomic mass is 9.83. The maximum atomic E-state index is 11.0. The van der Waals surface area contributed by atoms with Crippen molar-refractivity contribution < 1.29 is 5.11 Å². The summed E-state index contributed by atoms with van der Waals surface area (Å²) in [5.41, 5.74) is 4.18. The van der Waals surface area contributed by atoms with Crippen LogP contribution in [0.25, 0.3) is 0 Å². The van der Waals surface area contributed by atoms with E-state index in [1.165, 1.54) is 16.8 Å². The van der Waals surface area contributed by atoms with Gasteiger partial charge in [-0.3, -0.25) is 0 Å². The third-order valence-electron chi connectivity index (χ3n) is 4.76. The van der Waals surface area contributed by atoms with Crippen molar-refractivity contribution in [3.05, 3.63) is 65.2 Å². The van der Waals surface area contributed by atoms with Gasteiger partial charge in [0.1, 0.15) is 0 Å². The quantitative estimate of drug-likeness (QED) is 0.905. The fourth-order valence-corrected chi connectivity index (χ4v) is 3.09. The third kappa shape index (κ3) is 2.81. The van der Waals surface area contributed by atoms with Crippen molar-refractivity contribution in [1.29, 1.82) is 0 Å². The molecule has 0 atom stereocenters. The Morgan fingerprint density at radius 2 is 1.57 bits per heavy atom. The minimum Gasteiger partial charge on any atom is -0.385 e. The SMILES string of the molecule is Cc1ccc(C2(O)CCN(c3ccccc3)CC2)cc1C. The number of aliphatic hydroxyl groups is 1. The smallest absolute Gasteiger partial charge is 0.0930 e. The molecule has 1 N–H and O–H groups in total. The molecule has 1 saturated heterocycles. The first kappa shape index (κ1) is 14.2. The van der Waals surface area contributed by atoms with Gasteiger partial charge in [0, 0.05) is 18.8 Å². The van der Waals surface area contributed by atoms with Crippen LogP contribution in [0.15, 0.2) is 48.5 Å². The van der Waals surface area contributed by atoms with Gasteiger partial charge in [-0.2, -0.15) is 0 Å². The van der Waals surface area contributed by atoms with E-state index in [0.29, 0.717) is 0 Å². The predicted molar refractivity (Wildman–Crippen MR) is 87.7 cm³/mol. The van der Waals surface area contributed by atoms with Crippen molar-refractivity contribution in [2.45, 2.75) is 32.3 Å². The van der Waals surface area contributed by atoms with E-state index in [2.05, 4.69) is 61.2 Å². The number of nitrogens with zero attached hydrogens (tertiary/aromatic N) is 1. The van der Waals surface area contributed by atoms with Crippen LogP contribution in [0, 0.1) is 13.8 Å². The molecule has 1 aliphatic heterocycles. The van der Waals surface area contributed by atoms with E-state index in [4.69, 9.17) is 0 Å². The lowest BCUT2D eigenvalue weighted by molar-refractivity contribution is 0.0117. The Labute approximate surface area is 127 Å². The van der Waals surface area contributed by atoms with E-state index in [0.717, 1.165) is 31.5 Å². The van der Waals surface area contributed by atoms with Gasteiger partial charge >= 0.3 is 0 Å². The van der Waals surface area contributed by atoms with Crippen molar-refractivity contribution >= 4 is 5.69 Å². The summed E-state index contributed by atoms with van der Waals surface area (Å²) in [7, 11) is 0. The van der Waals surface area contributed by atoms with Crippen molar-refractivity contribution in [2.75, 3.05) is 18.0 Å². The minimum atomic E-state index is -0.677. The van der Waals surface area contributed by atoms with Crippen LogP contribution in [0.3, 0.4) is 0 Å². The van der Waals surface area contributed by atoms with Gasteiger partial charge in [-0.15, -0.1) is 0 Å². The molecular weight excluding hydrogens is 258 g/mol. The number of hydrogen-bond acceptors (Lipinski definition) is 2. The van der Waals surface area contributed by atoms with Gasteiger partial charge in [-0.05, 0) is 55.5 Å². The first-order valence-electron chi connectivity index (χ1n) is 7.69. The van der Waals surface area contributed by atoms with Crippen molar-refractivity contribution in [2.24, 2.45) is 0 Å². The zero-order valence-corrected chi connectivity index (χ0v) is 12.8. The maximum Gasteiger partial charge on any atom is 0.0930 e. The molecule has 21 heavy (non-hydrogen) atoms. The third-order valence-corrected chi connectivity index (χ3v) is 4.76. The van der Waals surface area contributed by atoms with Gasteiger partial charge in [0.25, 0.3) is 0 Å². The van der Waals surface area contributed by atoms with Crippen LogP contribution in [0.1, 0.15) is 29.5 Å². The molecular formula is C19H23NO. The summed E-state index contributed by atoms with van der Waals surface area (Å²) in [6, 6.07) is 16.8. The molecule has 0 aromatic heterocycles. The molecule has 0 aliphatic carbocycles. The molecule has 1 heterocycles. The summed E-state index contributed by atoms with van der Waals surface area (Å²) < 4.78 is 0. The van der Waals surface area contributed by atoms with Gasteiger partial charge in [-0.1, -0.05) is 36.4 Å². The molecule has 2 heteroatoms. The molecule has 1 aliphatic rings. The zero-order valence-electron chi connectivity index (χ0n) is 12.8. The van der Waals surface area contributed by atoms with Crippen LogP contribution in [-0.4, -0.2) is 18.2 Å². The molecule has 0 radical (unpaired) electrons. The van der Waals surface area contributed by atoms with E-state index in [9.17, 15) is 5.11 Å². The summed E-state index contributed by atoms with van der Waals surface area (Å²) in [6.45, 7) is 6.02. The number of anilines is 1. The van der Waals surface area contributed by atoms with Crippen LogP contribution in [-0.2, 0) is 5.60 Å². The second kappa shape index (κ2) is 5.53. The second-order valence-electron chi connectivity index (χ2n) is 6.15. The van der Waals surface area contributed by atoms with Crippen LogP contribution >= 0.6 is 0 Å². The number of rotatable bonds is 2. The number of benzene rings is 2. The van der Waals surface area contributed by atoms with Crippen molar-refractivity contribution in [3.63, 3.8) is 0 Å². The van der Waals surface area contributed by atoms with Gasteiger partial charge in [0.15, 0.2) is 0 Å². The van der Waals surface area contributed by atoms with Gasteiger partial charge in [0.05, 0.1) is 5.60 Å². The van der Waals surface area contributed by atoms with Crippen molar-refractivity contribution in [1.82, 2.24) is 0 Å². The Bertz CT molecular complexity index is 613. The lowest BCUT2D eigenvalue weighted by Gasteiger charge is -2.39. The largest absolute Gasteiger partial charge is 0.385 e. The summed E-state index contributed by atoms with van der Waals surface area (Å²) in [5.74, 6) is 0. The zero-order chi connectivity index (χ0) is 14.9.